The summed E-state index contributed by atoms with van der Waals surface area (Å²) in [6, 6.07) is 5.18. The quantitative estimate of drug-likeness (QED) is 0.870. The van der Waals surface area contributed by atoms with Gasteiger partial charge in [0.2, 0.25) is 5.60 Å². The van der Waals surface area contributed by atoms with Crippen molar-refractivity contribution in [3.63, 3.8) is 0 Å². The molecule has 1 aromatic carbocycles. The maximum atomic E-state index is 12.6. The third kappa shape index (κ3) is 3.59. The number of amides is 1. The minimum absolute atomic E-state index is 0.395. The zero-order valence-electron chi connectivity index (χ0n) is 11.8. The number of carbonyl (C=O) groups is 1. The van der Waals surface area contributed by atoms with Gasteiger partial charge in [0.15, 0.2) is 0 Å². The van der Waals surface area contributed by atoms with Crippen LogP contribution >= 0.6 is 0 Å². The fourth-order valence-electron chi connectivity index (χ4n) is 1.97. The van der Waals surface area contributed by atoms with Crippen LogP contribution in [0.5, 0.6) is 0 Å². The van der Waals surface area contributed by atoms with E-state index in [1.807, 2.05) is 6.07 Å². The SMILES string of the molecule is CC(C)(OC(=O)Nc1ccc2c(c1)NCCC2)C(F)(F)F. The van der Waals surface area contributed by atoms with E-state index >= 15 is 0 Å². The maximum absolute atomic E-state index is 12.6. The van der Waals surface area contributed by atoms with Crippen molar-refractivity contribution in [1.29, 1.82) is 0 Å². The Bertz CT molecular complexity index is 542. The fourth-order valence-corrected chi connectivity index (χ4v) is 1.97. The Morgan fingerprint density at radius 2 is 2.05 bits per heavy atom. The molecule has 0 bridgehead atoms. The highest BCUT2D eigenvalue weighted by molar-refractivity contribution is 5.86. The van der Waals surface area contributed by atoms with Crippen molar-refractivity contribution < 1.29 is 22.7 Å². The Morgan fingerprint density at radius 1 is 1.33 bits per heavy atom. The van der Waals surface area contributed by atoms with Gasteiger partial charge in [0.1, 0.15) is 0 Å². The molecular formula is C14H17F3N2O2. The number of carbonyl (C=O) groups excluding carboxylic acids is 1. The molecule has 2 rings (SSSR count). The molecule has 21 heavy (non-hydrogen) atoms. The third-order valence-corrected chi connectivity index (χ3v) is 3.33. The zero-order valence-corrected chi connectivity index (χ0v) is 11.8. The molecule has 0 saturated carbocycles. The van der Waals surface area contributed by atoms with Crippen molar-refractivity contribution in [2.24, 2.45) is 0 Å². The van der Waals surface area contributed by atoms with Crippen molar-refractivity contribution in [2.75, 3.05) is 17.2 Å². The lowest BCUT2D eigenvalue weighted by Gasteiger charge is -2.27. The molecule has 2 N–H and O–H groups in total. The second-order valence-corrected chi connectivity index (χ2v) is 5.42. The van der Waals surface area contributed by atoms with Gasteiger partial charge in [-0.15, -0.1) is 0 Å². The van der Waals surface area contributed by atoms with Crippen molar-refractivity contribution >= 4 is 17.5 Å². The Hall–Kier alpha value is -1.92. The van der Waals surface area contributed by atoms with Gasteiger partial charge in [-0.3, -0.25) is 5.32 Å². The Labute approximate surface area is 120 Å². The van der Waals surface area contributed by atoms with Gasteiger partial charge in [-0.1, -0.05) is 6.07 Å². The standard InChI is InChI=1S/C14H17F3N2O2/c1-13(2,14(15,16)17)21-12(20)19-10-6-5-9-4-3-7-18-11(9)8-10/h5-6,8,18H,3-4,7H2,1-2H3,(H,19,20). The zero-order chi connectivity index (χ0) is 15.7. The Morgan fingerprint density at radius 3 is 2.71 bits per heavy atom. The summed E-state index contributed by atoms with van der Waals surface area (Å²) in [5.74, 6) is 0. The van der Waals surface area contributed by atoms with E-state index in [9.17, 15) is 18.0 Å². The van der Waals surface area contributed by atoms with Gasteiger partial charge in [-0.25, -0.2) is 4.79 Å². The first kappa shape index (κ1) is 15.5. The first-order valence-electron chi connectivity index (χ1n) is 6.62. The molecule has 7 heteroatoms. The molecule has 0 spiro atoms. The van der Waals surface area contributed by atoms with Crippen LogP contribution in [0.2, 0.25) is 0 Å². The van der Waals surface area contributed by atoms with Crippen LogP contribution < -0.4 is 10.6 Å². The number of ether oxygens (including phenoxy) is 1. The fraction of sp³-hybridized carbons (Fsp3) is 0.500. The van der Waals surface area contributed by atoms with Crippen LogP contribution in [0.3, 0.4) is 0 Å². The smallest absolute Gasteiger partial charge is 0.427 e. The molecule has 116 valence electrons. The second-order valence-electron chi connectivity index (χ2n) is 5.42. The molecule has 1 heterocycles. The first-order chi connectivity index (χ1) is 9.69. The van der Waals surface area contributed by atoms with Gasteiger partial charge in [0, 0.05) is 17.9 Å². The molecule has 0 unspecified atom stereocenters. The van der Waals surface area contributed by atoms with Gasteiger partial charge in [0.25, 0.3) is 0 Å². The number of aryl methyl sites for hydroxylation is 1. The number of fused-ring (bicyclic) bond motifs is 1. The lowest BCUT2D eigenvalue weighted by atomic mass is 10.0. The minimum Gasteiger partial charge on any atom is -0.434 e. The van der Waals surface area contributed by atoms with Crippen molar-refractivity contribution in [3.8, 4) is 0 Å². The molecule has 1 aromatic rings. The predicted molar refractivity (Wildman–Crippen MR) is 73.5 cm³/mol. The number of hydrogen-bond acceptors (Lipinski definition) is 3. The van der Waals surface area contributed by atoms with Crippen molar-refractivity contribution in [1.82, 2.24) is 0 Å². The minimum atomic E-state index is -4.62. The molecular weight excluding hydrogens is 285 g/mol. The van der Waals surface area contributed by atoms with Crippen molar-refractivity contribution in [3.05, 3.63) is 23.8 Å². The van der Waals surface area contributed by atoms with Crippen LogP contribution in [0.1, 0.15) is 25.8 Å². The Kier molecular flexibility index (Phi) is 4.02. The normalized spacial score (nSPS) is 14.9. The summed E-state index contributed by atoms with van der Waals surface area (Å²) in [7, 11) is 0. The van der Waals surface area contributed by atoms with Crippen LogP contribution in [0.4, 0.5) is 29.3 Å². The summed E-state index contributed by atoms with van der Waals surface area (Å²) >= 11 is 0. The van der Waals surface area contributed by atoms with Crippen LogP contribution in [-0.4, -0.2) is 24.4 Å². The van der Waals surface area contributed by atoms with E-state index < -0.39 is 17.9 Å². The van der Waals surface area contributed by atoms with Crippen LogP contribution in [0.15, 0.2) is 18.2 Å². The van der Waals surface area contributed by atoms with Gasteiger partial charge < -0.3 is 10.1 Å². The van der Waals surface area contributed by atoms with E-state index in [0.717, 1.165) is 44.5 Å². The van der Waals surface area contributed by atoms with Gasteiger partial charge in [0.05, 0.1) is 0 Å². The molecule has 0 aromatic heterocycles. The monoisotopic (exact) mass is 302 g/mol. The summed E-state index contributed by atoms with van der Waals surface area (Å²) in [6.45, 7) is 2.45. The molecule has 0 atom stereocenters. The van der Waals surface area contributed by atoms with Crippen LogP contribution in [0.25, 0.3) is 0 Å². The van der Waals surface area contributed by atoms with Gasteiger partial charge in [-0.2, -0.15) is 13.2 Å². The summed E-state index contributed by atoms with van der Waals surface area (Å²) in [5.41, 5.74) is -0.139. The lowest BCUT2D eigenvalue weighted by Crippen LogP contribution is -2.44. The largest absolute Gasteiger partial charge is 0.434 e. The number of hydrogen-bond donors (Lipinski definition) is 2. The number of anilines is 2. The van der Waals surface area contributed by atoms with E-state index in [0.29, 0.717) is 5.69 Å². The lowest BCUT2D eigenvalue weighted by molar-refractivity contribution is -0.242. The molecule has 1 amide bonds. The number of benzene rings is 1. The van der Waals surface area contributed by atoms with Crippen LogP contribution in [0, 0.1) is 0 Å². The van der Waals surface area contributed by atoms with Crippen LogP contribution in [-0.2, 0) is 11.2 Å². The number of halogens is 3. The summed E-state index contributed by atoms with van der Waals surface area (Å²) < 4.78 is 42.4. The summed E-state index contributed by atoms with van der Waals surface area (Å²) in [4.78, 5) is 11.6. The van der Waals surface area contributed by atoms with E-state index in [1.165, 1.54) is 0 Å². The van der Waals surface area contributed by atoms with E-state index in [4.69, 9.17) is 0 Å². The highest BCUT2D eigenvalue weighted by Crippen LogP contribution is 2.33. The molecule has 4 nitrogen and oxygen atoms in total. The summed E-state index contributed by atoms with van der Waals surface area (Å²) in [6.07, 6.45) is -3.79. The third-order valence-electron chi connectivity index (χ3n) is 3.33. The predicted octanol–water partition coefficient (Wildman–Crippen LogP) is 3.93. The topological polar surface area (TPSA) is 50.4 Å². The molecule has 0 aliphatic carbocycles. The Balaban J connectivity index is 2.03. The number of nitrogens with one attached hydrogen (secondary N) is 2. The molecule has 1 aliphatic rings. The average Bonchev–Trinajstić information content (AvgIpc) is 2.36. The number of rotatable bonds is 2. The first-order valence-corrected chi connectivity index (χ1v) is 6.62. The highest BCUT2D eigenvalue weighted by Gasteiger charge is 2.50. The second kappa shape index (κ2) is 5.46. The maximum Gasteiger partial charge on any atom is 0.427 e. The molecule has 0 radical (unpaired) electrons. The van der Waals surface area contributed by atoms with E-state index in [-0.39, 0.29) is 0 Å². The molecule has 1 aliphatic heterocycles. The van der Waals surface area contributed by atoms with E-state index in [2.05, 4.69) is 15.4 Å². The summed E-state index contributed by atoms with van der Waals surface area (Å²) in [5, 5.41) is 5.50. The molecule has 0 fully saturated rings. The van der Waals surface area contributed by atoms with Gasteiger partial charge >= 0.3 is 12.3 Å². The highest BCUT2D eigenvalue weighted by atomic mass is 19.4. The van der Waals surface area contributed by atoms with E-state index in [1.54, 1.807) is 12.1 Å². The van der Waals surface area contributed by atoms with Gasteiger partial charge in [-0.05, 0) is 44.4 Å². The average molecular weight is 302 g/mol. The van der Waals surface area contributed by atoms with Crippen molar-refractivity contribution in [2.45, 2.75) is 38.5 Å². The number of alkyl halides is 3. The molecule has 0 saturated heterocycles.